The van der Waals surface area contributed by atoms with Crippen LogP contribution in [0.15, 0.2) is 18.2 Å². The van der Waals surface area contributed by atoms with Crippen molar-refractivity contribution >= 4 is 0 Å². The van der Waals surface area contributed by atoms with Crippen molar-refractivity contribution in [3.05, 3.63) is 29.3 Å². The fourth-order valence-corrected chi connectivity index (χ4v) is 2.78. The average Bonchev–Trinajstić information content (AvgIpc) is 2.40. The normalized spacial score (nSPS) is 25.6. The number of hydrogen-bond donors (Lipinski definition) is 1. The smallest absolute Gasteiger partial charge is 0.128 e. The van der Waals surface area contributed by atoms with Crippen LogP contribution in [0.3, 0.4) is 0 Å². The van der Waals surface area contributed by atoms with E-state index < -0.39 is 0 Å². The maximum absolute atomic E-state index is 6.26. The molecule has 112 valence electrons. The Morgan fingerprint density at radius 3 is 2.70 bits per heavy atom. The Labute approximate surface area is 122 Å². The number of rotatable bonds is 6. The average molecular weight is 277 g/mol. The highest BCUT2D eigenvalue weighted by atomic mass is 16.5. The predicted octanol–water partition coefficient (Wildman–Crippen LogP) is 3.26. The van der Waals surface area contributed by atoms with E-state index in [2.05, 4.69) is 44.3 Å². The Balaban J connectivity index is 2.12. The summed E-state index contributed by atoms with van der Waals surface area (Å²) in [6.07, 6.45) is 1.32. The fraction of sp³-hybridized carbons (Fsp3) is 0.647. The molecule has 3 nitrogen and oxygen atoms in total. The summed E-state index contributed by atoms with van der Waals surface area (Å²) in [5.41, 5.74) is 2.51. The number of nitrogens with one attached hydrogen (secondary N) is 1. The van der Waals surface area contributed by atoms with Crippen LogP contribution in [0.4, 0.5) is 0 Å². The number of ether oxygens (including phenoxy) is 2. The second-order valence-electron chi connectivity index (χ2n) is 5.90. The highest BCUT2D eigenvalue weighted by Crippen LogP contribution is 2.33. The molecule has 0 saturated heterocycles. The second kappa shape index (κ2) is 6.59. The Bertz CT molecular complexity index is 445. The van der Waals surface area contributed by atoms with Crippen molar-refractivity contribution in [3.8, 4) is 5.75 Å². The van der Waals surface area contributed by atoms with Crippen LogP contribution in [0, 0.1) is 6.92 Å². The van der Waals surface area contributed by atoms with Gasteiger partial charge in [-0.15, -0.1) is 0 Å². The van der Waals surface area contributed by atoms with Crippen LogP contribution in [0.1, 0.15) is 44.2 Å². The van der Waals surface area contributed by atoms with E-state index in [1.165, 1.54) is 11.1 Å². The van der Waals surface area contributed by atoms with Crippen LogP contribution in [-0.2, 0) is 4.74 Å². The summed E-state index contributed by atoms with van der Waals surface area (Å²) < 4.78 is 12.1. The number of aryl methyl sites for hydroxylation is 1. The lowest BCUT2D eigenvalue weighted by molar-refractivity contribution is -0.103. The van der Waals surface area contributed by atoms with E-state index in [1.54, 1.807) is 0 Å². The third kappa shape index (κ3) is 3.15. The molecule has 20 heavy (non-hydrogen) atoms. The zero-order chi connectivity index (χ0) is 14.7. The lowest BCUT2D eigenvalue weighted by Crippen LogP contribution is -2.60. The van der Waals surface area contributed by atoms with Crippen molar-refractivity contribution in [2.75, 3.05) is 13.7 Å². The van der Waals surface area contributed by atoms with Gasteiger partial charge in [0.15, 0.2) is 0 Å². The van der Waals surface area contributed by atoms with Crippen molar-refractivity contribution in [3.63, 3.8) is 0 Å². The van der Waals surface area contributed by atoms with E-state index >= 15 is 0 Å². The summed E-state index contributed by atoms with van der Waals surface area (Å²) in [5, 5.41) is 3.30. The van der Waals surface area contributed by atoms with Gasteiger partial charge in [0.25, 0.3) is 0 Å². The zero-order valence-corrected chi connectivity index (χ0v) is 13.3. The fourth-order valence-electron chi connectivity index (χ4n) is 2.78. The summed E-state index contributed by atoms with van der Waals surface area (Å²) in [6, 6.07) is 6.89. The van der Waals surface area contributed by atoms with Gasteiger partial charge in [-0.2, -0.15) is 0 Å². The molecule has 0 bridgehead atoms. The molecule has 0 aliphatic heterocycles. The van der Waals surface area contributed by atoms with Gasteiger partial charge in [0.2, 0.25) is 0 Å². The van der Waals surface area contributed by atoms with E-state index in [0.29, 0.717) is 12.0 Å². The van der Waals surface area contributed by atoms with Crippen molar-refractivity contribution in [1.29, 1.82) is 0 Å². The van der Waals surface area contributed by atoms with Crippen molar-refractivity contribution in [2.24, 2.45) is 0 Å². The molecule has 0 amide bonds. The second-order valence-corrected chi connectivity index (χ2v) is 5.90. The number of hydrogen-bond acceptors (Lipinski definition) is 3. The molecule has 3 atom stereocenters. The molecule has 1 aromatic carbocycles. The Morgan fingerprint density at radius 1 is 1.35 bits per heavy atom. The van der Waals surface area contributed by atoms with Crippen LogP contribution >= 0.6 is 0 Å². The molecule has 1 saturated carbocycles. The largest absolute Gasteiger partial charge is 0.487 e. The third-order valence-electron chi connectivity index (χ3n) is 4.05. The standard InChI is InChI=1S/C17H27NO2/c1-6-19-17-14(18-5)10-16(17)20-15-9-12(4)7-8-13(15)11(2)3/h7-9,11,14,16-18H,6,10H2,1-5H3. The van der Waals surface area contributed by atoms with Crippen LogP contribution in [0.2, 0.25) is 0 Å². The molecule has 1 aromatic rings. The van der Waals surface area contributed by atoms with E-state index in [1.807, 2.05) is 14.0 Å². The van der Waals surface area contributed by atoms with Crippen LogP contribution in [0.25, 0.3) is 0 Å². The Kier molecular flexibility index (Phi) is 5.06. The van der Waals surface area contributed by atoms with E-state index in [0.717, 1.165) is 18.8 Å². The summed E-state index contributed by atoms with van der Waals surface area (Å²) in [4.78, 5) is 0. The number of likely N-dealkylation sites (N-methyl/N-ethyl adjacent to an activating group) is 1. The van der Waals surface area contributed by atoms with Gasteiger partial charge in [0, 0.05) is 19.1 Å². The first kappa shape index (κ1) is 15.3. The molecule has 3 heteroatoms. The van der Waals surface area contributed by atoms with Gasteiger partial charge in [-0.3, -0.25) is 0 Å². The van der Waals surface area contributed by atoms with E-state index in [9.17, 15) is 0 Å². The zero-order valence-electron chi connectivity index (χ0n) is 13.3. The minimum atomic E-state index is 0.158. The van der Waals surface area contributed by atoms with Gasteiger partial charge in [-0.1, -0.05) is 26.0 Å². The molecule has 0 aromatic heterocycles. The predicted molar refractivity (Wildman–Crippen MR) is 82.6 cm³/mol. The van der Waals surface area contributed by atoms with Gasteiger partial charge in [-0.25, -0.2) is 0 Å². The van der Waals surface area contributed by atoms with Gasteiger partial charge < -0.3 is 14.8 Å². The molecule has 1 N–H and O–H groups in total. The topological polar surface area (TPSA) is 30.5 Å². The summed E-state index contributed by atoms with van der Waals surface area (Å²) in [5.74, 6) is 1.49. The van der Waals surface area contributed by atoms with Gasteiger partial charge >= 0.3 is 0 Å². The number of benzene rings is 1. The first-order chi connectivity index (χ1) is 9.56. The lowest BCUT2D eigenvalue weighted by Gasteiger charge is -2.44. The Hall–Kier alpha value is -1.06. The van der Waals surface area contributed by atoms with E-state index in [-0.39, 0.29) is 12.2 Å². The van der Waals surface area contributed by atoms with Crippen LogP contribution in [-0.4, -0.2) is 31.9 Å². The quantitative estimate of drug-likeness (QED) is 0.865. The minimum absolute atomic E-state index is 0.158. The van der Waals surface area contributed by atoms with Gasteiger partial charge in [0.1, 0.15) is 18.0 Å². The highest BCUT2D eigenvalue weighted by Gasteiger charge is 2.43. The van der Waals surface area contributed by atoms with Gasteiger partial charge in [-0.05, 0) is 44.0 Å². The first-order valence-corrected chi connectivity index (χ1v) is 7.62. The highest BCUT2D eigenvalue weighted by molar-refractivity contribution is 5.39. The molecular formula is C17H27NO2. The molecule has 0 heterocycles. The lowest BCUT2D eigenvalue weighted by atomic mass is 9.85. The summed E-state index contributed by atoms with van der Waals surface area (Å²) >= 11 is 0. The summed E-state index contributed by atoms with van der Waals surface area (Å²) in [6.45, 7) is 9.28. The molecule has 1 aliphatic carbocycles. The Morgan fingerprint density at radius 2 is 2.10 bits per heavy atom. The maximum Gasteiger partial charge on any atom is 0.128 e. The molecule has 0 spiro atoms. The van der Waals surface area contributed by atoms with Crippen LogP contribution < -0.4 is 10.1 Å². The SMILES string of the molecule is CCOC1C(NC)CC1Oc1cc(C)ccc1C(C)C. The molecule has 2 rings (SSSR count). The van der Waals surface area contributed by atoms with Crippen LogP contribution in [0.5, 0.6) is 5.75 Å². The summed E-state index contributed by atoms with van der Waals surface area (Å²) in [7, 11) is 1.99. The molecule has 3 unspecified atom stereocenters. The van der Waals surface area contributed by atoms with E-state index in [4.69, 9.17) is 9.47 Å². The third-order valence-corrected chi connectivity index (χ3v) is 4.05. The molecule has 1 aliphatic rings. The molecule has 1 fully saturated rings. The first-order valence-electron chi connectivity index (χ1n) is 7.62. The van der Waals surface area contributed by atoms with Gasteiger partial charge in [0.05, 0.1) is 0 Å². The molecule has 0 radical (unpaired) electrons. The van der Waals surface area contributed by atoms with Crippen molar-refractivity contribution < 1.29 is 9.47 Å². The molecular weight excluding hydrogens is 250 g/mol. The monoisotopic (exact) mass is 277 g/mol. The van der Waals surface area contributed by atoms with Crippen molar-refractivity contribution in [1.82, 2.24) is 5.32 Å². The minimum Gasteiger partial charge on any atom is -0.487 e. The maximum atomic E-state index is 6.26. The van der Waals surface area contributed by atoms with Crippen molar-refractivity contribution in [2.45, 2.75) is 58.3 Å².